The number of carbonyl (C=O) groups excluding carboxylic acids is 1. The topological polar surface area (TPSA) is 104 Å². The van der Waals surface area contributed by atoms with Crippen LogP contribution in [0.15, 0.2) is 58.3 Å². The summed E-state index contributed by atoms with van der Waals surface area (Å²) in [4.78, 5) is 12.9. The summed E-state index contributed by atoms with van der Waals surface area (Å²) in [5.74, 6) is -0.401. The number of hydrogen-bond donors (Lipinski definition) is 1. The number of piperidine rings is 1. The van der Waals surface area contributed by atoms with Gasteiger partial charge in [-0.25, -0.2) is 16.8 Å². The Morgan fingerprint density at radius 3 is 1.50 bits per heavy atom. The summed E-state index contributed by atoms with van der Waals surface area (Å²) >= 11 is 0. The quantitative estimate of drug-likeness (QED) is 0.689. The lowest BCUT2D eigenvalue weighted by molar-refractivity contribution is 0.102. The lowest BCUT2D eigenvalue weighted by Crippen LogP contribution is -2.35. The molecule has 0 aromatic heterocycles. The maximum atomic E-state index is 12.7. The standard InChI is InChI=1S/C22H27N3O5S2/c26-22(18-6-10-20(11-7-18)31(27,28)25-16-4-5-17-25)23-19-8-12-21(13-9-19)32(29,30)24-14-2-1-3-15-24/h6-13H,1-5,14-17H2,(H,23,26). The Labute approximate surface area is 189 Å². The zero-order chi connectivity index (χ0) is 22.8. The van der Waals surface area contributed by atoms with E-state index in [4.69, 9.17) is 0 Å². The molecule has 2 aromatic carbocycles. The van der Waals surface area contributed by atoms with E-state index in [0.717, 1.165) is 32.1 Å². The molecule has 2 aliphatic rings. The highest BCUT2D eigenvalue weighted by Gasteiger charge is 2.27. The van der Waals surface area contributed by atoms with Crippen LogP contribution in [-0.4, -0.2) is 57.5 Å². The molecule has 0 spiro atoms. The smallest absolute Gasteiger partial charge is 0.255 e. The maximum Gasteiger partial charge on any atom is 0.255 e. The molecule has 1 amide bonds. The van der Waals surface area contributed by atoms with Gasteiger partial charge >= 0.3 is 0 Å². The molecule has 2 fully saturated rings. The largest absolute Gasteiger partial charge is 0.322 e. The monoisotopic (exact) mass is 477 g/mol. The Balaban J connectivity index is 1.42. The lowest BCUT2D eigenvalue weighted by atomic mass is 10.2. The molecule has 2 heterocycles. The van der Waals surface area contributed by atoms with Crippen LogP contribution in [0.5, 0.6) is 0 Å². The fourth-order valence-electron chi connectivity index (χ4n) is 4.02. The van der Waals surface area contributed by atoms with Crippen LogP contribution in [0.3, 0.4) is 0 Å². The minimum Gasteiger partial charge on any atom is -0.322 e. The Kier molecular flexibility index (Phi) is 6.66. The average Bonchev–Trinajstić information content (AvgIpc) is 3.36. The number of benzene rings is 2. The van der Waals surface area contributed by atoms with Crippen molar-refractivity contribution < 1.29 is 21.6 Å². The van der Waals surface area contributed by atoms with Crippen molar-refractivity contribution >= 4 is 31.6 Å². The highest BCUT2D eigenvalue weighted by Crippen LogP contribution is 2.23. The third-order valence-corrected chi connectivity index (χ3v) is 9.71. The van der Waals surface area contributed by atoms with Crippen LogP contribution in [0.25, 0.3) is 0 Å². The van der Waals surface area contributed by atoms with Crippen LogP contribution in [0.2, 0.25) is 0 Å². The molecule has 1 N–H and O–H groups in total. The summed E-state index contributed by atoms with van der Waals surface area (Å²) in [6.45, 7) is 2.11. The van der Waals surface area contributed by atoms with Gasteiger partial charge in [0, 0.05) is 37.4 Å². The van der Waals surface area contributed by atoms with Crippen LogP contribution in [-0.2, 0) is 20.0 Å². The van der Waals surface area contributed by atoms with E-state index in [1.807, 2.05) is 0 Å². The predicted molar refractivity (Wildman–Crippen MR) is 121 cm³/mol. The molecule has 0 aliphatic carbocycles. The molecule has 172 valence electrons. The fourth-order valence-corrected chi connectivity index (χ4v) is 7.06. The van der Waals surface area contributed by atoms with E-state index in [1.165, 1.54) is 45.0 Å². The first-order valence-corrected chi connectivity index (χ1v) is 13.7. The molecule has 2 saturated heterocycles. The van der Waals surface area contributed by atoms with E-state index < -0.39 is 26.0 Å². The van der Waals surface area contributed by atoms with Crippen molar-refractivity contribution in [3.8, 4) is 0 Å². The Morgan fingerprint density at radius 1 is 0.625 bits per heavy atom. The third-order valence-electron chi connectivity index (χ3n) is 5.88. The minimum atomic E-state index is -3.53. The summed E-state index contributed by atoms with van der Waals surface area (Å²) in [5.41, 5.74) is 0.775. The van der Waals surface area contributed by atoms with Crippen LogP contribution in [0.4, 0.5) is 5.69 Å². The lowest BCUT2D eigenvalue weighted by Gasteiger charge is -2.25. The first-order chi connectivity index (χ1) is 15.3. The number of nitrogens with one attached hydrogen (secondary N) is 1. The summed E-state index contributed by atoms with van der Waals surface area (Å²) in [7, 11) is -7.05. The highest BCUT2D eigenvalue weighted by molar-refractivity contribution is 7.89. The predicted octanol–water partition coefficient (Wildman–Crippen LogP) is 2.90. The molecule has 0 saturated carbocycles. The van der Waals surface area contributed by atoms with E-state index in [2.05, 4.69) is 5.32 Å². The molecule has 10 heteroatoms. The zero-order valence-corrected chi connectivity index (χ0v) is 19.4. The van der Waals surface area contributed by atoms with Gasteiger partial charge in [-0.1, -0.05) is 6.42 Å². The molecular weight excluding hydrogens is 450 g/mol. The minimum absolute atomic E-state index is 0.170. The van der Waals surface area contributed by atoms with Gasteiger partial charge in [-0.05, 0) is 74.2 Å². The van der Waals surface area contributed by atoms with Gasteiger partial charge in [-0.3, -0.25) is 4.79 Å². The van der Waals surface area contributed by atoms with E-state index in [9.17, 15) is 21.6 Å². The van der Waals surface area contributed by atoms with Crippen molar-refractivity contribution in [1.82, 2.24) is 8.61 Å². The zero-order valence-electron chi connectivity index (χ0n) is 17.7. The van der Waals surface area contributed by atoms with Gasteiger partial charge in [0.1, 0.15) is 0 Å². The number of nitrogens with zero attached hydrogens (tertiary/aromatic N) is 2. The van der Waals surface area contributed by atoms with E-state index in [0.29, 0.717) is 37.4 Å². The molecule has 2 aromatic rings. The highest BCUT2D eigenvalue weighted by atomic mass is 32.2. The SMILES string of the molecule is O=C(Nc1ccc(S(=O)(=O)N2CCCCC2)cc1)c1ccc(S(=O)(=O)N2CCCC2)cc1. The van der Waals surface area contributed by atoms with Crippen LogP contribution in [0, 0.1) is 0 Å². The van der Waals surface area contributed by atoms with Gasteiger partial charge < -0.3 is 5.32 Å². The number of carbonyl (C=O) groups is 1. The third kappa shape index (κ3) is 4.73. The molecule has 0 unspecified atom stereocenters. The molecule has 0 bridgehead atoms. The number of anilines is 1. The summed E-state index contributed by atoms with van der Waals surface area (Å²) in [6.07, 6.45) is 4.49. The Morgan fingerprint density at radius 2 is 1.03 bits per heavy atom. The first-order valence-electron chi connectivity index (χ1n) is 10.8. The van der Waals surface area contributed by atoms with E-state index in [1.54, 1.807) is 12.1 Å². The molecule has 2 aliphatic heterocycles. The number of sulfonamides is 2. The van der Waals surface area contributed by atoms with Gasteiger partial charge in [0.15, 0.2) is 0 Å². The molecular formula is C22H27N3O5S2. The summed E-state index contributed by atoms with van der Waals surface area (Å²) in [5, 5.41) is 2.72. The van der Waals surface area contributed by atoms with Crippen molar-refractivity contribution in [3.05, 3.63) is 54.1 Å². The number of amides is 1. The van der Waals surface area contributed by atoms with Crippen molar-refractivity contribution in [1.29, 1.82) is 0 Å². The Bertz CT molecular complexity index is 1170. The molecule has 8 nitrogen and oxygen atoms in total. The molecule has 0 atom stereocenters. The van der Waals surface area contributed by atoms with Crippen LogP contribution in [0.1, 0.15) is 42.5 Å². The van der Waals surface area contributed by atoms with Crippen molar-refractivity contribution in [2.75, 3.05) is 31.5 Å². The molecule has 0 radical (unpaired) electrons. The molecule has 32 heavy (non-hydrogen) atoms. The second kappa shape index (κ2) is 9.30. The van der Waals surface area contributed by atoms with Crippen LogP contribution < -0.4 is 5.32 Å². The summed E-state index contributed by atoms with van der Waals surface area (Å²) in [6, 6.07) is 11.9. The average molecular weight is 478 g/mol. The van der Waals surface area contributed by atoms with Crippen LogP contribution >= 0.6 is 0 Å². The van der Waals surface area contributed by atoms with Gasteiger partial charge in [0.05, 0.1) is 9.79 Å². The normalized spacial score (nSPS) is 18.5. The summed E-state index contributed by atoms with van der Waals surface area (Å²) < 4.78 is 53.6. The Hall–Kier alpha value is -2.27. The van der Waals surface area contributed by atoms with Gasteiger partial charge in [-0.15, -0.1) is 0 Å². The second-order valence-electron chi connectivity index (χ2n) is 8.08. The van der Waals surface area contributed by atoms with Gasteiger partial charge in [-0.2, -0.15) is 8.61 Å². The number of hydrogen-bond acceptors (Lipinski definition) is 5. The van der Waals surface area contributed by atoms with Gasteiger partial charge in [0.25, 0.3) is 5.91 Å². The fraction of sp³-hybridized carbons (Fsp3) is 0.409. The first kappa shape index (κ1) is 22.9. The van der Waals surface area contributed by atoms with Crippen molar-refractivity contribution in [3.63, 3.8) is 0 Å². The second-order valence-corrected chi connectivity index (χ2v) is 12.0. The molecule has 4 rings (SSSR count). The van der Waals surface area contributed by atoms with Crippen molar-refractivity contribution in [2.45, 2.75) is 41.9 Å². The van der Waals surface area contributed by atoms with Gasteiger partial charge in [0.2, 0.25) is 20.0 Å². The maximum absolute atomic E-state index is 12.7. The number of rotatable bonds is 6. The van der Waals surface area contributed by atoms with Crippen molar-refractivity contribution in [2.24, 2.45) is 0 Å². The van der Waals surface area contributed by atoms with E-state index in [-0.39, 0.29) is 9.79 Å². The van der Waals surface area contributed by atoms with E-state index >= 15 is 0 Å².